The van der Waals surface area contributed by atoms with E-state index in [0.29, 0.717) is 5.92 Å². The van der Waals surface area contributed by atoms with Crippen LogP contribution in [0.1, 0.15) is 51.8 Å². The highest BCUT2D eigenvalue weighted by molar-refractivity contribution is 5.47. The molecule has 0 radical (unpaired) electrons. The van der Waals surface area contributed by atoms with Crippen LogP contribution in [-0.4, -0.2) is 17.6 Å². The lowest BCUT2D eigenvalue weighted by Gasteiger charge is -2.26. The number of nitrogens with zero attached hydrogens (tertiary/aromatic N) is 2. The maximum atomic E-state index is 6.00. The van der Waals surface area contributed by atoms with Crippen molar-refractivity contribution in [2.24, 2.45) is 11.7 Å². The van der Waals surface area contributed by atoms with Gasteiger partial charge >= 0.3 is 0 Å². The molecular weight excluding hydrogens is 222 g/mol. The van der Waals surface area contributed by atoms with Crippen molar-refractivity contribution in [1.29, 1.82) is 0 Å². The minimum atomic E-state index is 0.0681. The van der Waals surface area contributed by atoms with E-state index in [9.17, 15) is 0 Å². The molecule has 1 aromatic heterocycles. The van der Waals surface area contributed by atoms with E-state index < -0.39 is 0 Å². The summed E-state index contributed by atoms with van der Waals surface area (Å²) in [6.45, 7) is 7.75. The van der Waals surface area contributed by atoms with Crippen LogP contribution in [-0.2, 0) is 0 Å². The van der Waals surface area contributed by atoms with E-state index in [-0.39, 0.29) is 6.04 Å². The lowest BCUT2D eigenvalue weighted by molar-refractivity contribution is 0.605. The molecule has 1 fully saturated rings. The minimum absolute atomic E-state index is 0.0681. The molecule has 0 amide bonds. The predicted molar refractivity (Wildman–Crippen MR) is 76.7 cm³/mol. The molecule has 2 N–H and O–H groups in total. The fourth-order valence-electron chi connectivity index (χ4n) is 2.24. The molecule has 0 unspecified atom stereocenters. The van der Waals surface area contributed by atoms with Crippen LogP contribution in [0.5, 0.6) is 0 Å². The highest BCUT2D eigenvalue weighted by Crippen LogP contribution is 2.32. The van der Waals surface area contributed by atoms with Crippen molar-refractivity contribution in [2.45, 2.75) is 52.1 Å². The first-order valence-electron chi connectivity index (χ1n) is 7.10. The number of aromatic nitrogens is 1. The van der Waals surface area contributed by atoms with Crippen molar-refractivity contribution in [3.8, 4) is 0 Å². The van der Waals surface area contributed by atoms with E-state index in [4.69, 9.17) is 5.73 Å². The Morgan fingerprint density at radius 1 is 1.39 bits per heavy atom. The molecule has 3 heteroatoms. The Kier molecular flexibility index (Phi) is 4.23. The first-order valence-corrected chi connectivity index (χ1v) is 7.10. The number of nitrogens with two attached hydrogens (primary N) is 1. The van der Waals surface area contributed by atoms with Crippen LogP contribution >= 0.6 is 0 Å². The summed E-state index contributed by atoms with van der Waals surface area (Å²) < 4.78 is 0. The van der Waals surface area contributed by atoms with Crippen LogP contribution < -0.4 is 10.6 Å². The summed E-state index contributed by atoms with van der Waals surface area (Å²) in [5.41, 5.74) is 8.25. The van der Waals surface area contributed by atoms with Gasteiger partial charge in [0.05, 0.1) is 17.6 Å². The van der Waals surface area contributed by atoms with E-state index in [1.54, 1.807) is 0 Å². The van der Waals surface area contributed by atoms with Gasteiger partial charge in [-0.3, -0.25) is 4.98 Å². The molecule has 1 aliphatic carbocycles. The topological polar surface area (TPSA) is 42.1 Å². The summed E-state index contributed by atoms with van der Waals surface area (Å²) in [6, 6.07) is 5.07. The molecule has 1 aromatic rings. The molecule has 1 atom stereocenters. The van der Waals surface area contributed by atoms with Gasteiger partial charge in [0.1, 0.15) is 0 Å². The Balaban J connectivity index is 2.10. The Hall–Kier alpha value is -1.09. The van der Waals surface area contributed by atoms with Crippen molar-refractivity contribution < 1.29 is 0 Å². The summed E-state index contributed by atoms with van der Waals surface area (Å²) in [4.78, 5) is 7.02. The summed E-state index contributed by atoms with van der Waals surface area (Å²) in [5.74, 6) is 0.683. The van der Waals surface area contributed by atoms with Gasteiger partial charge in [-0.15, -0.1) is 0 Å². The van der Waals surface area contributed by atoms with E-state index >= 15 is 0 Å². The van der Waals surface area contributed by atoms with Crippen LogP contribution in [0, 0.1) is 5.92 Å². The zero-order valence-electron chi connectivity index (χ0n) is 11.8. The average Bonchev–Trinajstić information content (AvgIpc) is 3.19. The van der Waals surface area contributed by atoms with Gasteiger partial charge in [-0.25, -0.2) is 0 Å². The van der Waals surface area contributed by atoms with Gasteiger partial charge in [-0.1, -0.05) is 20.8 Å². The van der Waals surface area contributed by atoms with Crippen molar-refractivity contribution in [3.63, 3.8) is 0 Å². The van der Waals surface area contributed by atoms with Gasteiger partial charge in [0.2, 0.25) is 0 Å². The molecular formula is C15H25N3. The molecule has 2 rings (SSSR count). The van der Waals surface area contributed by atoms with E-state index in [2.05, 4.69) is 42.8 Å². The van der Waals surface area contributed by atoms with Crippen molar-refractivity contribution in [1.82, 2.24) is 4.98 Å². The van der Waals surface area contributed by atoms with Crippen LogP contribution in [0.3, 0.4) is 0 Å². The second-order valence-electron chi connectivity index (χ2n) is 5.73. The largest absolute Gasteiger partial charge is 0.367 e. The van der Waals surface area contributed by atoms with Crippen LogP contribution in [0.25, 0.3) is 0 Å². The second kappa shape index (κ2) is 5.70. The van der Waals surface area contributed by atoms with Crippen LogP contribution in [0.4, 0.5) is 5.69 Å². The summed E-state index contributed by atoms with van der Waals surface area (Å²) >= 11 is 0. The highest BCUT2D eigenvalue weighted by atomic mass is 15.2. The van der Waals surface area contributed by atoms with Gasteiger partial charge in [0, 0.05) is 18.6 Å². The zero-order valence-corrected chi connectivity index (χ0v) is 11.8. The van der Waals surface area contributed by atoms with E-state index in [1.807, 2.05) is 6.20 Å². The maximum absolute atomic E-state index is 6.00. The number of pyridine rings is 1. The minimum Gasteiger partial charge on any atom is -0.367 e. The molecule has 100 valence electrons. The zero-order chi connectivity index (χ0) is 13.1. The SMILES string of the molecule is CC[C@H](N)c1ccc(N(CC(C)C)C2CC2)cn1. The van der Waals surface area contributed by atoms with Gasteiger partial charge in [0.15, 0.2) is 0 Å². The lowest BCUT2D eigenvalue weighted by Crippen LogP contribution is -2.30. The van der Waals surface area contributed by atoms with Crippen LogP contribution in [0.2, 0.25) is 0 Å². The Bertz CT molecular complexity index is 368. The fourth-order valence-corrected chi connectivity index (χ4v) is 2.24. The lowest BCUT2D eigenvalue weighted by atomic mass is 10.1. The number of anilines is 1. The number of rotatable bonds is 6. The third kappa shape index (κ3) is 3.22. The van der Waals surface area contributed by atoms with Crippen molar-refractivity contribution in [2.75, 3.05) is 11.4 Å². The fraction of sp³-hybridized carbons (Fsp3) is 0.667. The summed E-state index contributed by atoms with van der Waals surface area (Å²) in [6.07, 6.45) is 5.57. The molecule has 1 heterocycles. The quantitative estimate of drug-likeness (QED) is 0.840. The number of hydrogen-bond donors (Lipinski definition) is 1. The molecule has 0 spiro atoms. The first-order chi connectivity index (χ1) is 8.61. The van der Waals surface area contributed by atoms with Crippen molar-refractivity contribution >= 4 is 5.69 Å². The van der Waals surface area contributed by atoms with Gasteiger partial charge in [0.25, 0.3) is 0 Å². The van der Waals surface area contributed by atoms with Crippen molar-refractivity contribution in [3.05, 3.63) is 24.0 Å². The molecule has 18 heavy (non-hydrogen) atoms. The Morgan fingerprint density at radius 3 is 2.56 bits per heavy atom. The molecule has 0 bridgehead atoms. The molecule has 1 saturated carbocycles. The summed E-state index contributed by atoms with van der Waals surface area (Å²) in [7, 11) is 0. The smallest absolute Gasteiger partial charge is 0.0572 e. The van der Waals surface area contributed by atoms with E-state index in [1.165, 1.54) is 18.5 Å². The van der Waals surface area contributed by atoms with Gasteiger partial charge in [-0.2, -0.15) is 0 Å². The molecule has 3 nitrogen and oxygen atoms in total. The molecule has 0 aliphatic heterocycles. The summed E-state index contributed by atoms with van der Waals surface area (Å²) in [5, 5.41) is 0. The molecule has 1 aliphatic rings. The normalized spacial score (nSPS) is 16.9. The maximum Gasteiger partial charge on any atom is 0.0572 e. The third-order valence-corrected chi connectivity index (χ3v) is 3.47. The Labute approximate surface area is 110 Å². The number of hydrogen-bond acceptors (Lipinski definition) is 3. The third-order valence-electron chi connectivity index (χ3n) is 3.47. The average molecular weight is 247 g/mol. The monoisotopic (exact) mass is 247 g/mol. The second-order valence-corrected chi connectivity index (χ2v) is 5.73. The Morgan fingerprint density at radius 2 is 2.11 bits per heavy atom. The first kappa shape index (κ1) is 13.3. The van der Waals surface area contributed by atoms with Crippen LogP contribution in [0.15, 0.2) is 18.3 Å². The van der Waals surface area contributed by atoms with Gasteiger partial charge < -0.3 is 10.6 Å². The molecule has 0 aromatic carbocycles. The van der Waals surface area contributed by atoms with Gasteiger partial charge in [-0.05, 0) is 37.3 Å². The predicted octanol–water partition coefficient (Wildman–Crippen LogP) is 3.12. The highest BCUT2D eigenvalue weighted by Gasteiger charge is 2.29. The van der Waals surface area contributed by atoms with E-state index in [0.717, 1.165) is 24.7 Å². The molecule has 0 saturated heterocycles. The standard InChI is InChI=1S/C15H25N3/c1-4-14(16)15-8-7-13(9-17-15)18(10-11(2)3)12-5-6-12/h7-9,11-12,14H,4-6,10,16H2,1-3H3/t14-/m0/s1.